The van der Waals surface area contributed by atoms with Gasteiger partial charge in [0.1, 0.15) is 0 Å². The zero-order valence-corrected chi connectivity index (χ0v) is 49.2. The van der Waals surface area contributed by atoms with Gasteiger partial charge in [-0.2, -0.15) is 0 Å². The first kappa shape index (κ1) is 52.9. The molecule has 12 nitrogen and oxygen atoms in total. The lowest BCUT2D eigenvalue weighted by Gasteiger charge is -2.30. The van der Waals surface area contributed by atoms with Crippen molar-refractivity contribution in [3.63, 3.8) is 0 Å². The molecule has 0 aromatic heterocycles. The van der Waals surface area contributed by atoms with Gasteiger partial charge in [-0.15, -0.1) is 35.3 Å². The second-order valence-electron chi connectivity index (χ2n) is 19.5. The Bertz CT molecular complexity index is 2290. The highest BCUT2D eigenvalue weighted by atomic mass is 32.2. The summed E-state index contributed by atoms with van der Waals surface area (Å²) in [4.78, 5) is 42.8. The Kier molecular flexibility index (Phi) is 14.3. The van der Waals surface area contributed by atoms with E-state index in [0.29, 0.717) is 34.5 Å². The number of thioether (sulfide) groups is 9. The third kappa shape index (κ3) is 10.1. The Morgan fingerprint density at radius 1 is 0.386 bits per heavy atom. The fourth-order valence-electron chi connectivity index (χ4n) is 8.82. The van der Waals surface area contributed by atoms with Crippen LogP contribution in [0.25, 0.3) is 0 Å². The molecule has 70 heavy (non-hydrogen) atoms. The highest BCUT2D eigenvalue weighted by Crippen LogP contribution is 2.73. The van der Waals surface area contributed by atoms with E-state index in [2.05, 4.69) is 83.1 Å². The smallest absolute Gasteiger partial charge is 0.316 e. The van der Waals surface area contributed by atoms with E-state index >= 15 is 0 Å². The first-order valence-electron chi connectivity index (χ1n) is 23.0. The van der Waals surface area contributed by atoms with Gasteiger partial charge in [0.05, 0.1) is 81.1 Å². The number of fused-ring (bicyclic) bond motifs is 6. The van der Waals surface area contributed by atoms with Crippen molar-refractivity contribution >= 4 is 124 Å². The molecule has 0 fully saturated rings. The molecule has 6 heterocycles. The summed E-state index contributed by atoms with van der Waals surface area (Å²) >= 11 is 14.0. The number of rotatable bonds is 15. The molecule has 0 atom stereocenters. The molecule has 0 unspecified atom stereocenters. The van der Waals surface area contributed by atoms with Crippen LogP contribution in [-0.4, -0.2) is 84.6 Å². The minimum atomic E-state index is -0.718. The third-order valence-corrected chi connectivity index (χ3v) is 21.1. The predicted molar refractivity (Wildman–Crippen MR) is 286 cm³/mol. The minimum absolute atomic E-state index is 0.0640. The molecule has 0 radical (unpaired) electrons. The van der Waals surface area contributed by atoms with Crippen molar-refractivity contribution < 1.29 is 57.0 Å². The summed E-state index contributed by atoms with van der Waals surface area (Å²) in [5.74, 6) is 2.49. The number of carbonyl (C=O) groups is 3. The van der Waals surface area contributed by atoms with Crippen molar-refractivity contribution in [2.24, 2.45) is 0 Å². The first-order chi connectivity index (χ1) is 32.7. The molecule has 0 amide bonds. The molecule has 6 aliphatic rings. The van der Waals surface area contributed by atoms with Gasteiger partial charge in [-0.25, -0.2) is 0 Å². The highest BCUT2D eigenvalue weighted by Gasteiger charge is 2.54. The van der Waals surface area contributed by atoms with Crippen molar-refractivity contribution in [3.05, 3.63) is 16.7 Å². The lowest BCUT2D eigenvalue weighted by Crippen LogP contribution is -2.19. The quantitative estimate of drug-likeness (QED) is 0.0617. The fraction of sp³-hybridized carbons (Fsp3) is 0.571. The molecule has 0 spiro atoms. The zero-order chi connectivity index (χ0) is 50.7. The van der Waals surface area contributed by atoms with Gasteiger partial charge in [0.25, 0.3) is 0 Å². The van der Waals surface area contributed by atoms with Crippen LogP contribution >= 0.6 is 106 Å². The molecule has 0 N–H and O–H groups in total. The number of ether oxygens (including phenoxy) is 9. The van der Waals surface area contributed by atoms with E-state index in [1.54, 1.807) is 91.3 Å². The maximum absolute atomic E-state index is 13.1. The number of esters is 3. The molecule has 6 aliphatic heterocycles. The summed E-state index contributed by atoms with van der Waals surface area (Å²) < 4.78 is 58.6. The molecule has 3 aromatic rings. The Hall–Kier alpha value is -1.98. The second-order valence-corrected chi connectivity index (χ2v) is 32.0. The van der Waals surface area contributed by atoms with Crippen molar-refractivity contribution in [2.75, 3.05) is 37.1 Å². The van der Waals surface area contributed by atoms with Crippen LogP contribution in [0.4, 0.5) is 0 Å². The van der Waals surface area contributed by atoms with Crippen LogP contribution in [0, 0.1) is 0 Å². The SMILES string of the molecule is CCOC(=O)CSc1c2c(c(C(c3c4c(c(SCC(=O)OCC)c5c3SC(C)(C)O5)OC(C)(C)S4)c3c4c(c(SCC(=O)OCC)c5c3SC(C)(C)O5)OC(C)(C)S4)c3c1OC(C)(C)S3)SC(C)(C)O2. The highest BCUT2D eigenvalue weighted by molar-refractivity contribution is 8.04. The van der Waals surface area contributed by atoms with Gasteiger partial charge in [-0.05, 0) is 121 Å². The van der Waals surface area contributed by atoms with E-state index in [9.17, 15) is 14.4 Å². The van der Waals surface area contributed by atoms with E-state index in [4.69, 9.17) is 42.6 Å². The van der Waals surface area contributed by atoms with Gasteiger partial charge < -0.3 is 42.6 Å². The molecule has 21 heteroatoms. The molecule has 380 valence electrons. The van der Waals surface area contributed by atoms with Gasteiger partial charge in [0.15, 0.2) is 64.1 Å². The van der Waals surface area contributed by atoms with Gasteiger partial charge in [-0.3, -0.25) is 14.4 Å². The van der Waals surface area contributed by atoms with E-state index in [1.165, 1.54) is 35.3 Å². The number of hydrogen-bond acceptors (Lipinski definition) is 21. The van der Waals surface area contributed by atoms with E-state index < -0.39 is 35.5 Å². The summed E-state index contributed by atoms with van der Waals surface area (Å²) in [6, 6.07) is 0. The van der Waals surface area contributed by atoms with Crippen LogP contribution in [0.5, 0.6) is 34.5 Å². The number of hydrogen-bond donors (Lipinski definition) is 0. The maximum atomic E-state index is 13.1. The van der Waals surface area contributed by atoms with Crippen LogP contribution in [0.15, 0.2) is 44.1 Å². The predicted octanol–water partition coefficient (Wildman–Crippen LogP) is 14.2. The average Bonchev–Trinajstić information content (AvgIpc) is 4.05. The molecule has 0 saturated heterocycles. The molecule has 0 saturated carbocycles. The summed E-state index contributed by atoms with van der Waals surface area (Å²) in [7, 11) is 0. The summed E-state index contributed by atoms with van der Waals surface area (Å²) in [5, 5.41) is 0. The molecular formula is C49H58O12S9. The Labute approximate surface area is 448 Å². The lowest BCUT2D eigenvalue weighted by molar-refractivity contribution is -0.140. The number of benzene rings is 3. The maximum Gasteiger partial charge on any atom is 0.316 e. The van der Waals surface area contributed by atoms with Gasteiger partial charge in [0, 0.05) is 5.92 Å². The van der Waals surface area contributed by atoms with Crippen molar-refractivity contribution in [3.8, 4) is 34.5 Å². The summed E-state index contributed by atoms with van der Waals surface area (Å²) in [6.45, 7) is 31.0. The van der Waals surface area contributed by atoms with Crippen molar-refractivity contribution in [1.29, 1.82) is 0 Å². The average molecular weight is 1130 g/mol. The van der Waals surface area contributed by atoms with Crippen molar-refractivity contribution in [1.82, 2.24) is 0 Å². The summed E-state index contributed by atoms with van der Waals surface area (Å²) in [6.07, 6.45) is 0. The van der Waals surface area contributed by atoms with Crippen LogP contribution in [-0.2, 0) is 28.6 Å². The molecule has 0 bridgehead atoms. The van der Waals surface area contributed by atoms with Crippen LogP contribution in [0.2, 0.25) is 0 Å². The zero-order valence-electron chi connectivity index (χ0n) is 41.9. The molecule has 9 rings (SSSR count). The minimum Gasteiger partial charge on any atom is -0.474 e. The van der Waals surface area contributed by atoms with Crippen LogP contribution in [0.3, 0.4) is 0 Å². The fourth-order valence-corrected chi connectivity index (χ4v) is 19.2. The van der Waals surface area contributed by atoms with Crippen molar-refractivity contribution in [2.45, 2.75) is 183 Å². The Morgan fingerprint density at radius 3 is 0.743 bits per heavy atom. The molecular weight excluding hydrogens is 1070 g/mol. The van der Waals surface area contributed by atoms with E-state index in [-0.39, 0.29) is 55.0 Å². The number of carbonyl (C=O) groups excluding carboxylic acids is 3. The van der Waals surface area contributed by atoms with Gasteiger partial charge in [0.2, 0.25) is 0 Å². The monoisotopic (exact) mass is 1130 g/mol. The standard InChI is InChI=1S/C49H58O12S9/c1-16-53-22(50)19-62-41-29-35(65-44(4,5)56-29)26(36-30(41)57-45(6,7)66-36)25(27-37-31(58-46(8,9)67-37)42(63-20-23(51)54-17-2)32-38(27)68-47(10,11)59-32)28-39-33(60-48(12,13)69-39)43(64-21-24(52)55-18-3)34-40(28)70-49(14,15)61-34/h25H,16-21H2,1-15H3. The molecule has 0 aliphatic carbocycles. The normalized spacial score (nSPS) is 20.1. The van der Waals surface area contributed by atoms with E-state index in [1.807, 2.05) is 0 Å². The third-order valence-electron chi connectivity index (χ3n) is 10.9. The van der Waals surface area contributed by atoms with Gasteiger partial charge >= 0.3 is 17.9 Å². The van der Waals surface area contributed by atoms with Gasteiger partial charge in [-0.1, -0.05) is 70.6 Å². The summed E-state index contributed by atoms with van der Waals surface area (Å²) in [5.41, 5.74) is 2.95. The van der Waals surface area contributed by atoms with Crippen LogP contribution < -0.4 is 28.4 Å². The molecule has 3 aromatic carbocycles. The largest absolute Gasteiger partial charge is 0.474 e. The lowest BCUT2D eigenvalue weighted by atomic mass is 9.83. The Balaban J connectivity index is 1.43. The first-order valence-corrected chi connectivity index (χ1v) is 30.9. The Morgan fingerprint density at radius 2 is 0.571 bits per heavy atom. The van der Waals surface area contributed by atoms with E-state index in [0.717, 1.165) is 60.7 Å². The second kappa shape index (κ2) is 19.0. The van der Waals surface area contributed by atoms with Crippen LogP contribution in [0.1, 0.15) is 126 Å². The topological polar surface area (TPSA) is 134 Å².